The minimum absolute atomic E-state index is 0.0141. The summed E-state index contributed by atoms with van der Waals surface area (Å²) in [5.41, 5.74) is -1.12. The molecule has 0 saturated heterocycles. The lowest BCUT2D eigenvalue weighted by atomic mass is 9.80. The molecule has 2 aliphatic heterocycles. The first-order chi connectivity index (χ1) is 15.7. The lowest BCUT2D eigenvalue weighted by Gasteiger charge is -2.33. The molecule has 2 aliphatic rings. The molecule has 168 valence electrons. The molecule has 0 bridgehead atoms. The van der Waals surface area contributed by atoms with E-state index in [2.05, 4.69) is 9.98 Å². The van der Waals surface area contributed by atoms with Crippen LogP contribution in [0.25, 0.3) is 0 Å². The largest absolute Gasteiger partial charge is 0.484 e. The molecule has 3 heterocycles. The quantitative estimate of drug-likeness (QED) is 0.431. The summed E-state index contributed by atoms with van der Waals surface area (Å²) in [5, 5.41) is 0. The lowest BCUT2D eigenvalue weighted by Crippen LogP contribution is -2.41. The van der Waals surface area contributed by atoms with E-state index in [1.165, 1.54) is 48.5 Å². The first kappa shape index (κ1) is 20.9. The molecule has 10 heteroatoms. The van der Waals surface area contributed by atoms with Crippen LogP contribution in [0.3, 0.4) is 0 Å². The van der Waals surface area contributed by atoms with E-state index in [1.807, 2.05) is 0 Å². The number of nitrogens with zero attached hydrogens (tertiary/aromatic N) is 3. The fourth-order valence-electron chi connectivity index (χ4n) is 4.02. The summed E-state index contributed by atoms with van der Waals surface area (Å²) in [4.78, 5) is 23.2. The SMILES string of the molecule is CN1C(=O)C2(N=C1c1cccnc1F)c1ccccc1Oc1ccc(OCC(F)(F)F)cc12. The maximum atomic E-state index is 14.5. The van der Waals surface area contributed by atoms with Crippen molar-refractivity contribution in [2.45, 2.75) is 11.7 Å². The van der Waals surface area contributed by atoms with E-state index in [4.69, 9.17) is 9.47 Å². The number of likely N-dealkylation sites (N-methyl/N-ethyl adjacent to an activating group) is 1. The molecule has 1 atom stereocenters. The minimum atomic E-state index is -4.54. The Hall–Kier alpha value is -3.95. The van der Waals surface area contributed by atoms with E-state index in [0.717, 1.165) is 0 Å². The van der Waals surface area contributed by atoms with Crippen molar-refractivity contribution < 1.29 is 31.8 Å². The van der Waals surface area contributed by atoms with Crippen LogP contribution in [-0.2, 0) is 10.3 Å². The number of hydrogen-bond donors (Lipinski definition) is 0. The molecule has 1 spiro atoms. The van der Waals surface area contributed by atoms with Gasteiger partial charge in [-0.25, -0.2) is 9.98 Å². The number of carbonyl (C=O) groups is 1. The van der Waals surface area contributed by atoms with Gasteiger partial charge in [0.15, 0.2) is 12.1 Å². The number of para-hydroxylation sites is 1. The second-order valence-corrected chi connectivity index (χ2v) is 7.51. The normalized spacial score (nSPS) is 19.1. The van der Waals surface area contributed by atoms with Crippen LogP contribution in [0.2, 0.25) is 0 Å². The van der Waals surface area contributed by atoms with Crippen molar-refractivity contribution >= 4 is 11.7 Å². The molecule has 3 aromatic rings. The number of carbonyl (C=O) groups excluding carboxylic acids is 1. The molecular formula is C23H15F4N3O3. The first-order valence-corrected chi connectivity index (χ1v) is 9.81. The number of amides is 1. The van der Waals surface area contributed by atoms with Crippen molar-refractivity contribution in [3.63, 3.8) is 0 Å². The molecule has 0 saturated carbocycles. The summed E-state index contributed by atoms with van der Waals surface area (Å²) in [6.07, 6.45) is -3.27. The Morgan fingerprint density at radius 3 is 2.58 bits per heavy atom. The summed E-state index contributed by atoms with van der Waals surface area (Å²) in [6, 6.07) is 13.7. The second-order valence-electron chi connectivity index (χ2n) is 7.51. The van der Waals surface area contributed by atoms with Crippen LogP contribution < -0.4 is 9.47 Å². The molecule has 1 unspecified atom stereocenters. The zero-order valence-electron chi connectivity index (χ0n) is 17.1. The molecule has 0 N–H and O–H groups in total. The topological polar surface area (TPSA) is 64.0 Å². The van der Waals surface area contributed by atoms with Gasteiger partial charge in [0.05, 0.1) is 5.56 Å². The van der Waals surface area contributed by atoms with Crippen molar-refractivity contribution in [3.05, 3.63) is 83.4 Å². The Kier molecular flexibility index (Phi) is 4.62. The van der Waals surface area contributed by atoms with Gasteiger partial charge in [-0.2, -0.15) is 17.6 Å². The highest BCUT2D eigenvalue weighted by atomic mass is 19.4. The number of benzene rings is 2. The summed E-state index contributed by atoms with van der Waals surface area (Å²) >= 11 is 0. The molecule has 0 radical (unpaired) electrons. The molecule has 0 aliphatic carbocycles. The Balaban J connectivity index is 1.73. The molecular weight excluding hydrogens is 442 g/mol. The second kappa shape index (κ2) is 7.29. The molecule has 1 aromatic heterocycles. The molecule has 2 aromatic carbocycles. The van der Waals surface area contributed by atoms with Crippen molar-refractivity contribution in [1.82, 2.24) is 9.88 Å². The maximum absolute atomic E-state index is 14.5. The zero-order chi connectivity index (χ0) is 23.4. The smallest absolute Gasteiger partial charge is 0.422 e. The van der Waals surface area contributed by atoms with Gasteiger partial charge in [-0.15, -0.1) is 0 Å². The van der Waals surface area contributed by atoms with Crippen molar-refractivity contribution in [2.24, 2.45) is 4.99 Å². The van der Waals surface area contributed by atoms with Crippen molar-refractivity contribution in [3.8, 4) is 17.2 Å². The van der Waals surface area contributed by atoms with Crippen LogP contribution in [0.5, 0.6) is 17.2 Å². The van der Waals surface area contributed by atoms with E-state index < -0.39 is 30.2 Å². The first-order valence-electron chi connectivity index (χ1n) is 9.81. The van der Waals surface area contributed by atoms with E-state index in [9.17, 15) is 22.4 Å². The predicted octanol–water partition coefficient (Wildman–Crippen LogP) is 4.43. The molecule has 33 heavy (non-hydrogen) atoms. The van der Waals surface area contributed by atoms with Crippen LogP contribution in [0, 0.1) is 5.95 Å². The van der Waals surface area contributed by atoms with E-state index in [1.54, 1.807) is 24.3 Å². The molecule has 0 fully saturated rings. The number of aliphatic imine (C=N–C) groups is 1. The number of alkyl halides is 3. The van der Waals surface area contributed by atoms with Gasteiger partial charge in [0.25, 0.3) is 5.91 Å². The average molecular weight is 457 g/mol. The average Bonchev–Trinajstić information content (AvgIpc) is 3.04. The maximum Gasteiger partial charge on any atom is 0.422 e. The van der Waals surface area contributed by atoms with E-state index in [0.29, 0.717) is 11.3 Å². The highest BCUT2D eigenvalue weighted by molar-refractivity contribution is 6.17. The van der Waals surface area contributed by atoms with Crippen LogP contribution in [0.1, 0.15) is 16.7 Å². The summed E-state index contributed by atoms with van der Waals surface area (Å²) in [6.45, 7) is -1.50. The number of fused-ring (bicyclic) bond motifs is 4. The third kappa shape index (κ3) is 3.29. The Bertz CT molecular complexity index is 1310. The standard InChI is InChI=1S/C23H15F4N3O3/c1-30-20(14-5-4-10-28-19(14)24)29-23(21(30)31)15-6-2-3-7-17(15)33-18-9-8-13(11-16(18)23)32-12-22(25,26)27/h2-11H,12H2,1H3. The van der Waals surface area contributed by atoms with E-state index >= 15 is 0 Å². The lowest BCUT2D eigenvalue weighted by molar-refractivity contribution is -0.153. The third-order valence-electron chi connectivity index (χ3n) is 5.45. The number of hydrogen-bond acceptors (Lipinski definition) is 5. The van der Waals surface area contributed by atoms with Gasteiger partial charge < -0.3 is 9.47 Å². The minimum Gasteiger partial charge on any atom is -0.484 e. The van der Waals surface area contributed by atoms with Crippen LogP contribution in [0.4, 0.5) is 17.6 Å². The van der Waals surface area contributed by atoms with Crippen LogP contribution in [-0.4, -0.2) is 41.5 Å². The van der Waals surface area contributed by atoms with Gasteiger partial charge in [0.2, 0.25) is 5.95 Å². The third-order valence-corrected chi connectivity index (χ3v) is 5.45. The Labute approximate surface area is 185 Å². The van der Waals surface area contributed by atoms with Gasteiger partial charge in [0, 0.05) is 24.4 Å². The Morgan fingerprint density at radius 1 is 1.06 bits per heavy atom. The summed E-state index contributed by atoms with van der Waals surface area (Å²) < 4.78 is 63.4. The molecule has 5 rings (SSSR count). The number of halogens is 4. The molecule has 1 amide bonds. The van der Waals surface area contributed by atoms with Crippen molar-refractivity contribution in [2.75, 3.05) is 13.7 Å². The fourth-order valence-corrected chi connectivity index (χ4v) is 4.02. The predicted molar refractivity (Wildman–Crippen MR) is 109 cm³/mol. The monoisotopic (exact) mass is 457 g/mol. The van der Waals surface area contributed by atoms with Crippen LogP contribution >= 0.6 is 0 Å². The van der Waals surface area contributed by atoms with Gasteiger partial charge in [-0.3, -0.25) is 9.69 Å². The van der Waals surface area contributed by atoms with Gasteiger partial charge in [-0.1, -0.05) is 18.2 Å². The number of pyridine rings is 1. The van der Waals surface area contributed by atoms with Gasteiger partial charge in [0.1, 0.15) is 23.1 Å². The number of ether oxygens (including phenoxy) is 2. The fraction of sp³-hybridized carbons (Fsp3) is 0.174. The number of rotatable bonds is 3. The highest BCUT2D eigenvalue weighted by Crippen LogP contribution is 2.53. The van der Waals surface area contributed by atoms with Crippen molar-refractivity contribution in [1.29, 1.82) is 0 Å². The summed E-state index contributed by atoms with van der Waals surface area (Å²) in [5.74, 6) is -0.824. The number of aromatic nitrogens is 1. The van der Waals surface area contributed by atoms with Crippen LogP contribution in [0.15, 0.2) is 65.8 Å². The van der Waals surface area contributed by atoms with Gasteiger partial charge in [-0.05, 0) is 36.4 Å². The zero-order valence-corrected chi connectivity index (χ0v) is 17.1. The Morgan fingerprint density at radius 2 is 1.82 bits per heavy atom. The molecule has 6 nitrogen and oxygen atoms in total. The highest BCUT2D eigenvalue weighted by Gasteiger charge is 2.55. The van der Waals surface area contributed by atoms with E-state index in [-0.39, 0.29) is 28.5 Å². The summed E-state index contributed by atoms with van der Waals surface area (Å²) in [7, 11) is 1.45. The van der Waals surface area contributed by atoms with Gasteiger partial charge >= 0.3 is 6.18 Å². The number of amidine groups is 1.